The van der Waals surface area contributed by atoms with Crippen molar-refractivity contribution in [3.05, 3.63) is 39.9 Å². The van der Waals surface area contributed by atoms with Crippen LogP contribution in [0.25, 0.3) is 4.96 Å². The van der Waals surface area contributed by atoms with Gasteiger partial charge in [-0.1, -0.05) is 0 Å². The van der Waals surface area contributed by atoms with Gasteiger partial charge in [0.05, 0.1) is 17.6 Å². The van der Waals surface area contributed by atoms with E-state index in [9.17, 15) is 0 Å². The molecule has 6 heteroatoms. The Morgan fingerprint density at radius 2 is 2.10 bits per heavy atom. The summed E-state index contributed by atoms with van der Waals surface area (Å²) in [5.41, 5.74) is 6.05. The van der Waals surface area contributed by atoms with Crippen molar-refractivity contribution in [2.75, 3.05) is 0 Å². The number of fused-ring (bicyclic) bond motifs is 1. The minimum atomic E-state index is 0.266. The van der Waals surface area contributed by atoms with E-state index in [0.717, 1.165) is 17.2 Å². The van der Waals surface area contributed by atoms with Crippen LogP contribution in [0.15, 0.2) is 11.6 Å². The maximum atomic E-state index is 4.63. The van der Waals surface area contributed by atoms with E-state index >= 15 is 0 Å². The molecule has 1 unspecified atom stereocenters. The fourth-order valence-corrected chi connectivity index (χ4v) is 3.61. The van der Waals surface area contributed by atoms with E-state index in [1.807, 2.05) is 17.9 Å². The zero-order valence-electron chi connectivity index (χ0n) is 13.1. The minimum Gasteiger partial charge on any atom is -0.304 e. The van der Waals surface area contributed by atoms with Gasteiger partial charge in [-0.3, -0.25) is 9.08 Å². The number of aromatic nitrogens is 4. The van der Waals surface area contributed by atoms with Crippen LogP contribution in [0.5, 0.6) is 0 Å². The van der Waals surface area contributed by atoms with Gasteiger partial charge in [-0.25, -0.2) is 4.98 Å². The van der Waals surface area contributed by atoms with Gasteiger partial charge in [0.1, 0.15) is 0 Å². The third-order valence-corrected chi connectivity index (χ3v) is 5.09. The molecule has 1 atom stereocenters. The summed E-state index contributed by atoms with van der Waals surface area (Å²) in [7, 11) is 1.98. The molecule has 1 N–H and O–H groups in total. The Balaban J connectivity index is 1.82. The Morgan fingerprint density at radius 3 is 2.76 bits per heavy atom. The molecular weight excluding hydrogens is 282 g/mol. The molecule has 0 bridgehead atoms. The van der Waals surface area contributed by atoms with Gasteiger partial charge in [0.25, 0.3) is 0 Å². The molecule has 3 rings (SSSR count). The van der Waals surface area contributed by atoms with Crippen LogP contribution in [0.4, 0.5) is 0 Å². The Hall–Kier alpha value is -1.66. The number of nitrogens with one attached hydrogen (secondary N) is 1. The average Bonchev–Trinajstić information content (AvgIpc) is 3.06. The van der Waals surface area contributed by atoms with Gasteiger partial charge in [-0.15, -0.1) is 11.3 Å². The smallest absolute Gasteiger partial charge is 0.194 e. The molecule has 0 amide bonds. The van der Waals surface area contributed by atoms with Crippen molar-refractivity contribution < 1.29 is 0 Å². The van der Waals surface area contributed by atoms with Crippen molar-refractivity contribution in [2.45, 2.75) is 40.3 Å². The first-order valence-electron chi connectivity index (χ1n) is 7.13. The van der Waals surface area contributed by atoms with Crippen molar-refractivity contribution in [2.24, 2.45) is 7.05 Å². The summed E-state index contributed by atoms with van der Waals surface area (Å²) in [6, 6.07) is 0.266. The van der Waals surface area contributed by atoms with E-state index < -0.39 is 0 Å². The third kappa shape index (κ3) is 2.38. The lowest BCUT2D eigenvalue weighted by Crippen LogP contribution is -2.20. The largest absolute Gasteiger partial charge is 0.304 e. The Morgan fingerprint density at radius 1 is 1.33 bits per heavy atom. The topological polar surface area (TPSA) is 47.1 Å². The SMILES string of the molecule is Cc1nc2scc(C)n2c1CNC(C)c1cnn(C)c1C. The highest BCUT2D eigenvalue weighted by Crippen LogP contribution is 2.22. The lowest BCUT2D eigenvalue weighted by Gasteiger charge is -2.14. The molecule has 112 valence electrons. The van der Waals surface area contributed by atoms with E-state index in [-0.39, 0.29) is 6.04 Å². The van der Waals surface area contributed by atoms with Crippen LogP contribution in [0.2, 0.25) is 0 Å². The van der Waals surface area contributed by atoms with Crippen LogP contribution in [0.1, 0.15) is 41.3 Å². The average molecular weight is 303 g/mol. The molecule has 0 aliphatic carbocycles. The van der Waals surface area contributed by atoms with Crippen molar-refractivity contribution in [1.82, 2.24) is 24.5 Å². The second-order valence-corrected chi connectivity index (χ2v) is 6.39. The lowest BCUT2D eigenvalue weighted by molar-refractivity contribution is 0.560. The second kappa shape index (κ2) is 5.27. The zero-order chi connectivity index (χ0) is 15.1. The summed E-state index contributed by atoms with van der Waals surface area (Å²) in [5, 5.41) is 10.1. The summed E-state index contributed by atoms with van der Waals surface area (Å²) in [4.78, 5) is 5.71. The summed E-state index contributed by atoms with van der Waals surface area (Å²) >= 11 is 1.70. The molecular formula is C15H21N5S. The van der Waals surface area contributed by atoms with Gasteiger partial charge >= 0.3 is 0 Å². The molecule has 0 aliphatic rings. The van der Waals surface area contributed by atoms with Gasteiger partial charge in [-0.05, 0) is 27.7 Å². The highest BCUT2D eigenvalue weighted by molar-refractivity contribution is 7.15. The quantitative estimate of drug-likeness (QED) is 0.806. The summed E-state index contributed by atoms with van der Waals surface area (Å²) in [6.07, 6.45) is 1.95. The van der Waals surface area contributed by atoms with E-state index in [2.05, 4.69) is 52.9 Å². The first kappa shape index (κ1) is 14.3. The first-order chi connectivity index (χ1) is 9.99. The lowest BCUT2D eigenvalue weighted by atomic mass is 10.1. The van der Waals surface area contributed by atoms with Crippen LogP contribution in [0.3, 0.4) is 0 Å². The monoisotopic (exact) mass is 303 g/mol. The molecule has 21 heavy (non-hydrogen) atoms. The van der Waals surface area contributed by atoms with Crippen LogP contribution in [-0.2, 0) is 13.6 Å². The number of hydrogen-bond acceptors (Lipinski definition) is 4. The highest BCUT2D eigenvalue weighted by Gasteiger charge is 2.15. The van der Waals surface area contributed by atoms with E-state index in [4.69, 9.17) is 0 Å². The van der Waals surface area contributed by atoms with Gasteiger partial charge < -0.3 is 5.32 Å². The normalized spacial score (nSPS) is 13.2. The number of rotatable bonds is 4. The number of aryl methyl sites for hydroxylation is 3. The maximum absolute atomic E-state index is 4.63. The molecule has 0 spiro atoms. The predicted molar refractivity (Wildman–Crippen MR) is 85.7 cm³/mol. The van der Waals surface area contributed by atoms with Crippen LogP contribution >= 0.6 is 11.3 Å². The number of nitrogens with zero attached hydrogens (tertiary/aromatic N) is 4. The van der Waals surface area contributed by atoms with Crippen molar-refractivity contribution in [3.63, 3.8) is 0 Å². The molecule has 0 saturated carbocycles. The zero-order valence-corrected chi connectivity index (χ0v) is 14.0. The number of imidazole rings is 1. The molecule has 0 fully saturated rings. The van der Waals surface area contributed by atoms with Gasteiger partial charge in [0, 0.05) is 42.0 Å². The third-order valence-electron chi connectivity index (χ3n) is 4.15. The fraction of sp³-hybridized carbons (Fsp3) is 0.467. The van der Waals surface area contributed by atoms with Gasteiger partial charge in [0.15, 0.2) is 4.96 Å². The van der Waals surface area contributed by atoms with Crippen molar-refractivity contribution in [3.8, 4) is 0 Å². The molecule has 0 aliphatic heterocycles. The molecule has 0 saturated heterocycles. The standard InChI is InChI=1S/C15H21N5S/c1-9-8-21-15-18-11(3)14(20(9)15)7-16-10(2)13-6-17-19(5)12(13)4/h6,8,10,16H,7H2,1-5H3. The summed E-state index contributed by atoms with van der Waals surface area (Å²) in [6.45, 7) is 9.29. The number of thiazole rings is 1. The second-order valence-electron chi connectivity index (χ2n) is 5.55. The maximum Gasteiger partial charge on any atom is 0.194 e. The minimum absolute atomic E-state index is 0.266. The van der Waals surface area contributed by atoms with Gasteiger partial charge in [0.2, 0.25) is 0 Å². The summed E-state index contributed by atoms with van der Waals surface area (Å²) in [5.74, 6) is 0. The molecule has 0 radical (unpaired) electrons. The molecule has 3 aromatic heterocycles. The van der Waals surface area contributed by atoms with E-state index in [1.54, 1.807) is 11.3 Å². The number of hydrogen-bond donors (Lipinski definition) is 1. The van der Waals surface area contributed by atoms with Crippen molar-refractivity contribution in [1.29, 1.82) is 0 Å². The molecule has 3 heterocycles. The Kier molecular flexibility index (Phi) is 3.59. The molecule has 5 nitrogen and oxygen atoms in total. The molecule has 3 aromatic rings. The van der Waals surface area contributed by atoms with E-state index in [1.165, 1.54) is 22.6 Å². The van der Waals surface area contributed by atoms with Crippen LogP contribution in [-0.4, -0.2) is 19.2 Å². The molecule has 0 aromatic carbocycles. The van der Waals surface area contributed by atoms with Gasteiger partial charge in [-0.2, -0.15) is 5.10 Å². The highest BCUT2D eigenvalue weighted by atomic mass is 32.1. The van der Waals surface area contributed by atoms with Crippen molar-refractivity contribution >= 4 is 16.3 Å². The van der Waals surface area contributed by atoms with Crippen LogP contribution < -0.4 is 5.32 Å². The predicted octanol–water partition coefficient (Wildman–Crippen LogP) is 2.91. The Labute approximate surface area is 128 Å². The Bertz CT molecular complexity index is 780. The summed E-state index contributed by atoms with van der Waals surface area (Å²) < 4.78 is 4.16. The fourth-order valence-electron chi connectivity index (χ4n) is 2.68. The van der Waals surface area contributed by atoms with Crippen LogP contribution in [0, 0.1) is 20.8 Å². The van der Waals surface area contributed by atoms with E-state index in [0.29, 0.717) is 0 Å². The first-order valence-corrected chi connectivity index (χ1v) is 8.01.